The third-order valence-electron chi connectivity index (χ3n) is 3.92. The number of aromatic nitrogens is 1. The minimum absolute atomic E-state index is 0.168. The van der Waals surface area contributed by atoms with E-state index >= 15 is 0 Å². The number of fused-ring (bicyclic) bond motifs is 1. The third-order valence-corrected chi connectivity index (χ3v) is 4.79. The number of piperidine rings is 1. The Morgan fingerprint density at radius 2 is 2.24 bits per heavy atom. The number of hydrogen-bond acceptors (Lipinski definition) is 5. The van der Waals surface area contributed by atoms with Crippen molar-refractivity contribution in [3.63, 3.8) is 0 Å². The second kappa shape index (κ2) is 5.89. The summed E-state index contributed by atoms with van der Waals surface area (Å²) in [6.45, 7) is 4.00. The highest BCUT2D eigenvalue weighted by atomic mass is 32.1. The zero-order valence-corrected chi connectivity index (χ0v) is 12.9. The molecule has 0 atom stereocenters. The van der Waals surface area contributed by atoms with Gasteiger partial charge in [0.2, 0.25) is 5.91 Å². The second-order valence-corrected chi connectivity index (χ2v) is 6.50. The molecule has 0 saturated carbocycles. The molecule has 2 heterocycles. The highest BCUT2D eigenvalue weighted by Gasteiger charge is 2.21. The molecule has 1 aromatic heterocycles. The Hall–Kier alpha value is -1.82. The first kappa shape index (κ1) is 14.1. The van der Waals surface area contributed by atoms with Gasteiger partial charge < -0.3 is 15.4 Å². The van der Waals surface area contributed by atoms with Crippen molar-refractivity contribution in [2.24, 2.45) is 5.92 Å². The van der Waals surface area contributed by atoms with E-state index < -0.39 is 0 Å². The number of anilines is 1. The lowest BCUT2D eigenvalue weighted by atomic mass is 9.98. The van der Waals surface area contributed by atoms with Crippen molar-refractivity contribution < 1.29 is 9.53 Å². The molecule has 0 unspecified atom stereocenters. The lowest BCUT2D eigenvalue weighted by molar-refractivity contribution is -0.130. The number of nitrogens with zero attached hydrogens (tertiary/aromatic N) is 2. The van der Waals surface area contributed by atoms with Crippen molar-refractivity contribution in [3.8, 4) is 5.75 Å². The molecule has 112 valence electrons. The maximum absolute atomic E-state index is 11.3. The Morgan fingerprint density at radius 1 is 1.48 bits per heavy atom. The summed E-state index contributed by atoms with van der Waals surface area (Å²) in [6, 6.07) is 5.90. The fraction of sp³-hybridized carbons (Fsp3) is 0.467. The molecular weight excluding hydrogens is 286 g/mol. The molecule has 1 fully saturated rings. The van der Waals surface area contributed by atoms with E-state index in [9.17, 15) is 4.79 Å². The largest absolute Gasteiger partial charge is 0.493 e. The first-order valence-electron chi connectivity index (χ1n) is 7.16. The van der Waals surface area contributed by atoms with E-state index in [1.807, 2.05) is 23.1 Å². The van der Waals surface area contributed by atoms with E-state index in [0.29, 0.717) is 17.7 Å². The van der Waals surface area contributed by atoms with E-state index in [2.05, 4.69) is 4.98 Å². The van der Waals surface area contributed by atoms with Crippen molar-refractivity contribution in [3.05, 3.63) is 18.2 Å². The first-order chi connectivity index (χ1) is 10.1. The van der Waals surface area contributed by atoms with Crippen LogP contribution in [0.15, 0.2) is 18.2 Å². The molecule has 0 radical (unpaired) electrons. The molecule has 1 aromatic carbocycles. The van der Waals surface area contributed by atoms with E-state index in [4.69, 9.17) is 10.5 Å². The van der Waals surface area contributed by atoms with Crippen LogP contribution in [-0.2, 0) is 4.79 Å². The molecule has 6 heteroatoms. The van der Waals surface area contributed by atoms with Crippen molar-refractivity contribution in [2.45, 2.75) is 19.8 Å². The fourth-order valence-corrected chi connectivity index (χ4v) is 3.36. The predicted molar refractivity (Wildman–Crippen MR) is 84.5 cm³/mol. The molecule has 21 heavy (non-hydrogen) atoms. The van der Waals surface area contributed by atoms with Gasteiger partial charge in [0.25, 0.3) is 0 Å². The van der Waals surface area contributed by atoms with Crippen LogP contribution in [0.2, 0.25) is 0 Å². The summed E-state index contributed by atoms with van der Waals surface area (Å²) in [5, 5.41) is 0.582. The molecule has 3 rings (SSSR count). The summed E-state index contributed by atoms with van der Waals surface area (Å²) in [5.41, 5.74) is 6.59. The molecule has 2 aromatic rings. The molecule has 5 nitrogen and oxygen atoms in total. The van der Waals surface area contributed by atoms with E-state index in [-0.39, 0.29) is 5.91 Å². The maximum Gasteiger partial charge on any atom is 0.219 e. The van der Waals surface area contributed by atoms with Crippen LogP contribution in [0.4, 0.5) is 5.13 Å². The number of carbonyl (C=O) groups is 1. The van der Waals surface area contributed by atoms with E-state index in [1.54, 1.807) is 6.92 Å². The predicted octanol–water partition coefficient (Wildman–Crippen LogP) is 2.52. The standard InChI is InChI=1S/C15H19N3O2S/c1-10(19)18-6-4-11(5-7-18)9-20-12-2-3-14-13(8-12)17-15(16)21-14/h2-3,8,11H,4-7,9H2,1H3,(H2,16,17). The van der Waals surface area contributed by atoms with Gasteiger partial charge in [-0.1, -0.05) is 11.3 Å². The molecule has 1 aliphatic heterocycles. The highest BCUT2D eigenvalue weighted by molar-refractivity contribution is 7.22. The monoisotopic (exact) mass is 305 g/mol. The summed E-state index contributed by atoms with van der Waals surface area (Å²) < 4.78 is 6.96. The summed E-state index contributed by atoms with van der Waals surface area (Å²) in [6.07, 6.45) is 2.01. The molecule has 0 aliphatic carbocycles. The maximum atomic E-state index is 11.3. The van der Waals surface area contributed by atoms with Crippen molar-refractivity contribution >= 4 is 32.6 Å². The van der Waals surface area contributed by atoms with Crippen molar-refractivity contribution in [1.82, 2.24) is 9.88 Å². The average molecular weight is 305 g/mol. The summed E-state index contributed by atoms with van der Waals surface area (Å²) in [5.74, 6) is 1.51. The number of rotatable bonds is 3. The van der Waals surface area contributed by atoms with Gasteiger partial charge in [-0.2, -0.15) is 0 Å². The summed E-state index contributed by atoms with van der Waals surface area (Å²) in [7, 11) is 0. The van der Waals surface area contributed by atoms with Gasteiger partial charge >= 0.3 is 0 Å². The molecule has 2 N–H and O–H groups in total. The number of hydrogen-bond donors (Lipinski definition) is 1. The zero-order valence-electron chi connectivity index (χ0n) is 12.0. The minimum atomic E-state index is 0.168. The Labute approximate surface area is 127 Å². The molecule has 0 bridgehead atoms. The smallest absolute Gasteiger partial charge is 0.219 e. The van der Waals surface area contributed by atoms with E-state index in [1.165, 1.54) is 11.3 Å². The molecule has 1 aliphatic rings. The van der Waals surface area contributed by atoms with Gasteiger partial charge in [-0.3, -0.25) is 4.79 Å². The van der Waals surface area contributed by atoms with Crippen LogP contribution in [0.5, 0.6) is 5.75 Å². The minimum Gasteiger partial charge on any atom is -0.493 e. The van der Waals surface area contributed by atoms with Gasteiger partial charge in [0.05, 0.1) is 16.8 Å². The Bertz CT molecular complexity index is 647. The van der Waals surface area contributed by atoms with Crippen LogP contribution in [0.25, 0.3) is 10.2 Å². The van der Waals surface area contributed by atoms with E-state index in [0.717, 1.165) is 41.9 Å². The Balaban J connectivity index is 1.56. The topological polar surface area (TPSA) is 68.5 Å². The molecule has 1 saturated heterocycles. The first-order valence-corrected chi connectivity index (χ1v) is 7.98. The van der Waals surface area contributed by atoms with Gasteiger partial charge in [0.15, 0.2) is 5.13 Å². The van der Waals surface area contributed by atoms with Crippen molar-refractivity contribution in [1.29, 1.82) is 0 Å². The zero-order chi connectivity index (χ0) is 14.8. The number of carbonyl (C=O) groups excluding carboxylic acids is 1. The number of amides is 1. The SMILES string of the molecule is CC(=O)N1CCC(COc2ccc3sc(N)nc3c2)CC1. The van der Waals surface area contributed by atoms with Gasteiger partial charge in [-0.25, -0.2) is 4.98 Å². The highest BCUT2D eigenvalue weighted by Crippen LogP contribution is 2.28. The Morgan fingerprint density at radius 3 is 2.95 bits per heavy atom. The van der Waals surface area contributed by atoms with Crippen LogP contribution < -0.4 is 10.5 Å². The number of likely N-dealkylation sites (tertiary alicyclic amines) is 1. The fourth-order valence-electron chi connectivity index (χ4n) is 2.64. The van der Waals surface area contributed by atoms with Crippen LogP contribution in [0.3, 0.4) is 0 Å². The van der Waals surface area contributed by atoms with Crippen LogP contribution in [-0.4, -0.2) is 35.5 Å². The number of nitrogen functional groups attached to an aromatic ring is 1. The molecular formula is C15H19N3O2S. The summed E-state index contributed by atoms with van der Waals surface area (Å²) >= 11 is 1.48. The second-order valence-electron chi connectivity index (χ2n) is 5.44. The van der Waals surface area contributed by atoms with Crippen LogP contribution in [0.1, 0.15) is 19.8 Å². The summed E-state index contributed by atoms with van der Waals surface area (Å²) in [4.78, 5) is 17.5. The lowest BCUT2D eigenvalue weighted by Crippen LogP contribution is -2.38. The van der Waals surface area contributed by atoms with Crippen LogP contribution >= 0.6 is 11.3 Å². The van der Waals surface area contributed by atoms with Crippen molar-refractivity contribution in [2.75, 3.05) is 25.4 Å². The van der Waals surface area contributed by atoms with Crippen LogP contribution in [0, 0.1) is 5.92 Å². The quantitative estimate of drug-likeness (QED) is 0.946. The van der Waals surface area contributed by atoms with Gasteiger partial charge in [0.1, 0.15) is 5.75 Å². The third kappa shape index (κ3) is 3.26. The number of nitrogens with two attached hydrogens (primary N) is 1. The van der Waals surface area contributed by atoms with Gasteiger partial charge in [-0.15, -0.1) is 0 Å². The van der Waals surface area contributed by atoms with Gasteiger partial charge in [-0.05, 0) is 30.9 Å². The Kier molecular flexibility index (Phi) is 3.96. The number of thiazole rings is 1. The molecule has 0 spiro atoms. The number of ether oxygens (including phenoxy) is 1. The lowest BCUT2D eigenvalue weighted by Gasteiger charge is -2.31. The average Bonchev–Trinajstić information content (AvgIpc) is 2.84. The number of benzene rings is 1. The normalized spacial score (nSPS) is 16.3. The molecule has 1 amide bonds. The van der Waals surface area contributed by atoms with Gasteiger partial charge in [0, 0.05) is 26.1 Å².